The van der Waals surface area contributed by atoms with E-state index in [2.05, 4.69) is 94.3 Å². The molecule has 168 valence electrons. The Bertz CT molecular complexity index is 865. The second-order valence-corrected chi connectivity index (χ2v) is 18.7. The van der Waals surface area contributed by atoms with E-state index in [-0.39, 0.29) is 0 Å². The summed E-state index contributed by atoms with van der Waals surface area (Å²) in [5.41, 5.74) is 4.22. The quantitative estimate of drug-likeness (QED) is 0.152. The Kier molecular flexibility index (Phi) is 14.7. The molecule has 0 fully saturated rings. The van der Waals surface area contributed by atoms with Crippen LogP contribution in [0.3, 0.4) is 0 Å². The summed E-state index contributed by atoms with van der Waals surface area (Å²) in [7, 11) is 9.72. The molecule has 0 unspecified atom stereocenters. The first-order chi connectivity index (χ1) is 14.8. The van der Waals surface area contributed by atoms with Crippen LogP contribution >= 0.6 is 17.0 Å². The molecule has 0 saturated heterocycles. The van der Waals surface area contributed by atoms with Gasteiger partial charge >= 0.3 is 37.9 Å². The molecule has 0 aromatic heterocycles. The maximum absolute atomic E-state index is 4.93. The van der Waals surface area contributed by atoms with Gasteiger partial charge < -0.3 is 0 Å². The van der Waals surface area contributed by atoms with Crippen molar-refractivity contribution in [3.8, 4) is 11.1 Å². The summed E-state index contributed by atoms with van der Waals surface area (Å²) >= 11 is -0.826. The molecule has 0 aliphatic carbocycles. The molecule has 3 aromatic carbocycles. The molecule has 0 bridgehead atoms. The summed E-state index contributed by atoms with van der Waals surface area (Å²) in [5.74, 6) is 0. The van der Waals surface area contributed by atoms with Gasteiger partial charge in [0.1, 0.15) is 0 Å². The van der Waals surface area contributed by atoms with Gasteiger partial charge in [-0.05, 0) is 12.0 Å². The first kappa shape index (κ1) is 29.0. The molecule has 0 atom stereocenters. The third-order valence-electron chi connectivity index (χ3n) is 5.19. The molecule has 0 amide bonds. The zero-order valence-electron chi connectivity index (χ0n) is 20.0. The van der Waals surface area contributed by atoms with Crippen LogP contribution in [0.15, 0.2) is 54.6 Å². The van der Waals surface area contributed by atoms with E-state index >= 15 is 0 Å². The summed E-state index contributed by atoms with van der Waals surface area (Å²) in [5, 5.41) is 4.33. The number of unbranched alkanes of at least 4 members (excludes halogenated alkanes) is 3. The standard InChI is InChI=1S/C24H31Si.C2H6Si.2ClH.Zr/c1-5-6-7-8-10-19-17-21-11-9-12-23(24(21)18-19)20-13-15-22(16-14-20)25(2,3)4;1-3-2;;;/h9,11-18H,5-8,10H2,1-4H3;1-2H3;2*1H;/q-1;;;;+2/p-2. The number of fused-ring (bicyclic) bond motifs is 1. The molecule has 0 aliphatic heterocycles. The fraction of sp³-hybridized carbons (Fsp3) is 0.423. The van der Waals surface area contributed by atoms with Crippen LogP contribution < -0.4 is 5.19 Å². The van der Waals surface area contributed by atoms with Crippen molar-refractivity contribution in [3.63, 3.8) is 0 Å². The van der Waals surface area contributed by atoms with Crippen LogP contribution in [-0.2, 0) is 27.3 Å². The van der Waals surface area contributed by atoms with E-state index in [4.69, 9.17) is 17.0 Å². The third-order valence-corrected chi connectivity index (χ3v) is 7.26. The Balaban J connectivity index is 0.000000720. The Morgan fingerprint density at radius 3 is 2.10 bits per heavy atom. The van der Waals surface area contributed by atoms with Crippen molar-refractivity contribution >= 4 is 50.6 Å². The summed E-state index contributed by atoms with van der Waals surface area (Å²) in [6, 6.07) is 20.9. The second kappa shape index (κ2) is 15.7. The SMILES string of the molecule is CCCCCCc1cc2c(-c3ccc([Si](C)(C)C)cc3)cccc2[cH-]1.C[Si]C.[Cl][Zr][Cl]. The van der Waals surface area contributed by atoms with Crippen molar-refractivity contribution in [3.05, 3.63) is 60.2 Å². The fourth-order valence-corrected chi connectivity index (χ4v) is 4.77. The average Bonchev–Trinajstić information content (AvgIpc) is 3.15. The van der Waals surface area contributed by atoms with Crippen LogP contribution in [-0.4, -0.2) is 17.6 Å². The van der Waals surface area contributed by atoms with Gasteiger partial charge in [0.05, 0.1) is 8.07 Å². The van der Waals surface area contributed by atoms with Gasteiger partial charge in [-0.3, -0.25) is 0 Å². The molecule has 3 rings (SSSR count). The van der Waals surface area contributed by atoms with Crippen molar-refractivity contribution in [1.82, 2.24) is 0 Å². The third kappa shape index (κ3) is 10.2. The molecule has 31 heavy (non-hydrogen) atoms. The molecule has 0 spiro atoms. The molecule has 0 aliphatic rings. The molecule has 0 heterocycles. The van der Waals surface area contributed by atoms with Gasteiger partial charge in [-0.15, -0.1) is 34.5 Å². The van der Waals surface area contributed by atoms with Gasteiger partial charge in [0, 0.05) is 9.52 Å². The predicted molar refractivity (Wildman–Crippen MR) is 145 cm³/mol. The van der Waals surface area contributed by atoms with Crippen LogP contribution in [0.4, 0.5) is 0 Å². The predicted octanol–water partition coefficient (Wildman–Crippen LogP) is 9.06. The van der Waals surface area contributed by atoms with Crippen molar-refractivity contribution in [2.45, 2.75) is 71.8 Å². The van der Waals surface area contributed by atoms with E-state index in [0.717, 1.165) is 9.52 Å². The van der Waals surface area contributed by atoms with Crippen LogP contribution in [0.1, 0.15) is 38.2 Å². The van der Waals surface area contributed by atoms with Gasteiger partial charge in [-0.25, -0.2) is 0 Å². The van der Waals surface area contributed by atoms with Crippen LogP contribution in [0.5, 0.6) is 0 Å². The molecule has 3 aromatic rings. The number of benzene rings is 2. The van der Waals surface area contributed by atoms with Crippen molar-refractivity contribution in [2.24, 2.45) is 0 Å². The average molecular weight is 568 g/mol. The maximum atomic E-state index is 4.93. The van der Waals surface area contributed by atoms with Crippen molar-refractivity contribution in [2.75, 3.05) is 0 Å². The Labute approximate surface area is 213 Å². The van der Waals surface area contributed by atoms with E-state index in [1.165, 1.54) is 64.8 Å². The van der Waals surface area contributed by atoms with Gasteiger partial charge in [0.25, 0.3) is 0 Å². The molecular weight excluding hydrogens is 531 g/mol. The van der Waals surface area contributed by atoms with Crippen LogP contribution in [0.25, 0.3) is 21.9 Å². The topological polar surface area (TPSA) is 0 Å². The zero-order valence-corrected chi connectivity index (χ0v) is 26.0. The van der Waals surface area contributed by atoms with E-state index in [0.29, 0.717) is 0 Å². The van der Waals surface area contributed by atoms with E-state index in [9.17, 15) is 0 Å². The zero-order chi connectivity index (χ0) is 23.3. The first-order valence-electron chi connectivity index (χ1n) is 11.2. The minimum atomic E-state index is -1.23. The number of hydrogen-bond acceptors (Lipinski definition) is 0. The Morgan fingerprint density at radius 1 is 0.935 bits per heavy atom. The van der Waals surface area contributed by atoms with Gasteiger partial charge in [-0.1, -0.05) is 106 Å². The minimum absolute atomic E-state index is 0.826. The monoisotopic (exact) mass is 565 g/mol. The molecular formula is C26H37Cl2Si2Zr-. The normalized spacial score (nSPS) is 10.7. The molecule has 0 saturated carbocycles. The summed E-state index contributed by atoms with van der Waals surface area (Å²) in [4.78, 5) is 0. The fourth-order valence-electron chi connectivity index (χ4n) is 3.60. The van der Waals surface area contributed by atoms with Gasteiger partial charge in [0.2, 0.25) is 0 Å². The van der Waals surface area contributed by atoms with Crippen molar-refractivity contribution in [1.29, 1.82) is 0 Å². The van der Waals surface area contributed by atoms with Crippen LogP contribution in [0.2, 0.25) is 32.7 Å². The van der Waals surface area contributed by atoms with Gasteiger partial charge in [-0.2, -0.15) is 6.07 Å². The van der Waals surface area contributed by atoms with E-state index in [1.807, 2.05) is 0 Å². The molecule has 0 N–H and O–H groups in total. The summed E-state index contributed by atoms with van der Waals surface area (Å²) in [6.07, 6.45) is 6.53. The Morgan fingerprint density at radius 2 is 1.55 bits per heavy atom. The summed E-state index contributed by atoms with van der Waals surface area (Å²) < 4.78 is 0. The molecule has 2 radical (unpaired) electrons. The van der Waals surface area contributed by atoms with Gasteiger partial charge in [0.15, 0.2) is 0 Å². The second-order valence-electron chi connectivity index (χ2n) is 8.88. The Hall–Kier alpha value is -0.0531. The first-order valence-corrected chi connectivity index (χ1v) is 23.0. The summed E-state index contributed by atoms with van der Waals surface area (Å²) in [6.45, 7) is 13.8. The van der Waals surface area contributed by atoms with Crippen molar-refractivity contribution < 1.29 is 20.8 Å². The van der Waals surface area contributed by atoms with Crippen LogP contribution in [0, 0.1) is 0 Å². The number of hydrogen-bond donors (Lipinski definition) is 0. The number of halogens is 2. The number of rotatable bonds is 7. The van der Waals surface area contributed by atoms with E-state index < -0.39 is 28.9 Å². The molecule has 5 heteroatoms. The van der Waals surface area contributed by atoms with E-state index in [1.54, 1.807) is 0 Å². The number of aryl methyl sites for hydroxylation is 1. The molecule has 0 nitrogen and oxygen atoms in total.